The van der Waals surface area contributed by atoms with Crippen molar-refractivity contribution in [3.63, 3.8) is 0 Å². The molecular formula is C26H28N4O2. The molecule has 0 spiro atoms. The Morgan fingerprint density at radius 1 is 1.09 bits per heavy atom. The van der Waals surface area contributed by atoms with Gasteiger partial charge in [-0.3, -0.25) is 9.89 Å². The number of amides is 1. The Bertz CT molecular complexity index is 1230. The Hall–Kier alpha value is -3.67. The predicted octanol–water partition coefficient (Wildman–Crippen LogP) is 5.53. The first-order chi connectivity index (χ1) is 15.6. The molecular weight excluding hydrogens is 400 g/mol. The van der Waals surface area contributed by atoms with Crippen molar-refractivity contribution in [1.29, 1.82) is 0 Å². The smallest absolute Gasteiger partial charge is 0.252 e. The van der Waals surface area contributed by atoms with Gasteiger partial charge in [0.25, 0.3) is 5.91 Å². The minimum absolute atomic E-state index is 0.126. The number of methoxy groups -OCH3 is 1. The summed E-state index contributed by atoms with van der Waals surface area (Å²) in [6.45, 7) is 4.83. The van der Waals surface area contributed by atoms with Gasteiger partial charge < -0.3 is 10.1 Å². The van der Waals surface area contributed by atoms with E-state index in [1.165, 1.54) is 5.56 Å². The molecule has 0 saturated carbocycles. The van der Waals surface area contributed by atoms with Crippen molar-refractivity contribution < 1.29 is 9.53 Å². The quantitative estimate of drug-likeness (QED) is 0.362. The fourth-order valence-electron chi connectivity index (χ4n) is 3.80. The summed E-state index contributed by atoms with van der Waals surface area (Å²) in [6.07, 6.45) is 3.14. The van der Waals surface area contributed by atoms with Crippen molar-refractivity contribution in [2.75, 3.05) is 13.7 Å². The number of carbonyl (C=O) groups excluding carboxylic acids is 1. The summed E-state index contributed by atoms with van der Waals surface area (Å²) < 4.78 is 5.52. The van der Waals surface area contributed by atoms with E-state index < -0.39 is 0 Å². The van der Waals surface area contributed by atoms with Crippen LogP contribution in [0.4, 0.5) is 0 Å². The third-order valence-electron chi connectivity index (χ3n) is 5.56. The van der Waals surface area contributed by atoms with Crippen LogP contribution in [0.5, 0.6) is 5.75 Å². The van der Waals surface area contributed by atoms with Gasteiger partial charge in [-0.25, -0.2) is 4.98 Å². The number of pyridine rings is 1. The van der Waals surface area contributed by atoms with Gasteiger partial charge in [0.2, 0.25) is 0 Å². The highest BCUT2D eigenvalue weighted by molar-refractivity contribution is 6.11. The highest BCUT2D eigenvalue weighted by atomic mass is 16.5. The maximum absolute atomic E-state index is 13.3. The molecule has 0 aliphatic rings. The summed E-state index contributed by atoms with van der Waals surface area (Å²) in [5.41, 5.74) is 5.44. The lowest BCUT2D eigenvalue weighted by Gasteiger charge is -2.11. The van der Waals surface area contributed by atoms with E-state index in [1.807, 2.05) is 61.5 Å². The number of ether oxygens (including phenoxy) is 1. The van der Waals surface area contributed by atoms with E-state index in [2.05, 4.69) is 22.4 Å². The number of carbonyl (C=O) groups is 1. The second-order valence-corrected chi connectivity index (χ2v) is 7.88. The molecule has 0 saturated heterocycles. The molecule has 32 heavy (non-hydrogen) atoms. The number of nitrogens with zero attached hydrogens (tertiary/aromatic N) is 2. The second kappa shape index (κ2) is 9.64. The maximum atomic E-state index is 13.3. The van der Waals surface area contributed by atoms with Crippen molar-refractivity contribution in [1.82, 2.24) is 20.5 Å². The molecule has 6 nitrogen and oxygen atoms in total. The minimum Gasteiger partial charge on any atom is -0.496 e. The number of aromatic nitrogens is 3. The average Bonchev–Trinajstić information content (AvgIpc) is 3.25. The molecule has 2 heterocycles. The monoisotopic (exact) mass is 428 g/mol. The number of rotatable bonds is 8. The number of H-pyrrole nitrogens is 1. The Morgan fingerprint density at radius 2 is 1.88 bits per heavy atom. The first-order valence-corrected chi connectivity index (χ1v) is 11.0. The molecule has 0 aliphatic carbocycles. The molecule has 4 aromatic rings. The topological polar surface area (TPSA) is 79.9 Å². The third-order valence-corrected chi connectivity index (χ3v) is 5.56. The van der Waals surface area contributed by atoms with E-state index in [0.29, 0.717) is 29.2 Å². The minimum atomic E-state index is -0.126. The fourth-order valence-corrected chi connectivity index (χ4v) is 3.80. The van der Waals surface area contributed by atoms with Crippen LogP contribution >= 0.6 is 0 Å². The lowest BCUT2D eigenvalue weighted by Crippen LogP contribution is -2.24. The molecule has 0 atom stereocenters. The van der Waals surface area contributed by atoms with E-state index in [1.54, 1.807) is 7.11 Å². The van der Waals surface area contributed by atoms with Crippen molar-refractivity contribution in [2.45, 2.75) is 33.1 Å². The molecule has 0 aliphatic heterocycles. The number of hydrogen-bond donors (Lipinski definition) is 2. The molecule has 0 fully saturated rings. The summed E-state index contributed by atoms with van der Waals surface area (Å²) in [5.74, 6) is 0.572. The zero-order valence-electron chi connectivity index (χ0n) is 18.7. The van der Waals surface area contributed by atoms with Gasteiger partial charge in [0.15, 0.2) is 5.65 Å². The summed E-state index contributed by atoms with van der Waals surface area (Å²) in [4.78, 5) is 18.1. The van der Waals surface area contributed by atoms with Crippen LogP contribution in [0.3, 0.4) is 0 Å². The lowest BCUT2D eigenvalue weighted by molar-refractivity contribution is 0.0954. The number of unbranched alkanes of at least 4 members (excludes halogenated alkanes) is 2. The number of fused-ring (bicyclic) bond motifs is 1. The number of aromatic amines is 1. The van der Waals surface area contributed by atoms with Crippen LogP contribution < -0.4 is 10.1 Å². The van der Waals surface area contributed by atoms with Gasteiger partial charge in [-0.15, -0.1) is 0 Å². The SMILES string of the molecule is CCCCCNC(=O)c1cc(-c2ccccc2OC)nc2n[nH]c(-c3ccc(C)cc3)c12. The van der Waals surface area contributed by atoms with Gasteiger partial charge in [0.05, 0.1) is 29.4 Å². The predicted molar refractivity (Wildman–Crippen MR) is 128 cm³/mol. The van der Waals surface area contributed by atoms with E-state index in [0.717, 1.165) is 41.5 Å². The summed E-state index contributed by atoms with van der Waals surface area (Å²) in [5, 5.41) is 11.4. The summed E-state index contributed by atoms with van der Waals surface area (Å²) >= 11 is 0. The number of para-hydroxylation sites is 1. The molecule has 1 amide bonds. The molecule has 4 rings (SSSR count). The van der Waals surface area contributed by atoms with Crippen molar-refractivity contribution in [3.8, 4) is 28.3 Å². The van der Waals surface area contributed by atoms with Crippen LogP contribution in [-0.2, 0) is 0 Å². The van der Waals surface area contributed by atoms with Gasteiger partial charge in [0.1, 0.15) is 5.75 Å². The number of aryl methyl sites for hydroxylation is 1. The molecule has 0 radical (unpaired) electrons. The summed E-state index contributed by atoms with van der Waals surface area (Å²) in [7, 11) is 1.63. The van der Waals surface area contributed by atoms with Crippen LogP contribution in [0.15, 0.2) is 54.6 Å². The Morgan fingerprint density at radius 3 is 2.62 bits per heavy atom. The van der Waals surface area contributed by atoms with Gasteiger partial charge >= 0.3 is 0 Å². The van der Waals surface area contributed by atoms with Crippen molar-refractivity contribution >= 4 is 16.9 Å². The Balaban J connectivity index is 1.85. The normalized spacial score (nSPS) is 11.0. The Kier molecular flexibility index (Phi) is 6.50. The third kappa shape index (κ3) is 4.35. The standard InChI is InChI=1S/C26H28N4O2/c1-4-5-8-15-27-26(31)20-16-21(19-9-6-7-10-22(19)32-3)28-25-23(20)24(29-30-25)18-13-11-17(2)12-14-18/h6-7,9-14,16H,4-5,8,15H2,1-3H3,(H,27,31)(H,28,29,30). The first kappa shape index (κ1) is 21.6. The zero-order chi connectivity index (χ0) is 22.5. The number of benzene rings is 2. The van der Waals surface area contributed by atoms with E-state index >= 15 is 0 Å². The highest BCUT2D eigenvalue weighted by Crippen LogP contribution is 2.34. The van der Waals surface area contributed by atoms with E-state index in [4.69, 9.17) is 9.72 Å². The molecule has 2 N–H and O–H groups in total. The zero-order valence-corrected chi connectivity index (χ0v) is 18.7. The Labute approximate surface area is 188 Å². The molecule has 0 unspecified atom stereocenters. The summed E-state index contributed by atoms with van der Waals surface area (Å²) in [6, 6.07) is 17.6. The van der Waals surface area contributed by atoms with Crippen molar-refractivity contribution in [3.05, 3.63) is 65.7 Å². The van der Waals surface area contributed by atoms with E-state index in [9.17, 15) is 4.79 Å². The van der Waals surface area contributed by atoms with Gasteiger partial charge in [-0.05, 0) is 31.5 Å². The molecule has 2 aromatic carbocycles. The van der Waals surface area contributed by atoms with Crippen LogP contribution in [0.25, 0.3) is 33.5 Å². The lowest BCUT2D eigenvalue weighted by atomic mass is 10.0. The van der Waals surface area contributed by atoms with Crippen LogP contribution in [0.2, 0.25) is 0 Å². The van der Waals surface area contributed by atoms with Crippen LogP contribution in [0.1, 0.15) is 42.1 Å². The number of nitrogens with one attached hydrogen (secondary N) is 2. The van der Waals surface area contributed by atoms with Crippen LogP contribution in [0, 0.1) is 6.92 Å². The molecule has 164 valence electrons. The highest BCUT2D eigenvalue weighted by Gasteiger charge is 2.21. The van der Waals surface area contributed by atoms with Crippen molar-refractivity contribution in [2.24, 2.45) is 0 Å². The number of hydrogen-bond acceptors (Lipinski definition) is 4. The van der Waals surface area contributed by atoms with E-state index in [-0.39, 0.29) is 5.91 Å². The average molecular weight is 429 g/mol. The van der Waals surface area contributed by atoms with Gasteiger partial charge in [-0.1, -0.05) is 61.7 Å². The van der Waals surface area contributed by atoms with Gasteiger partial charge in [0, 0.05) is 17.7 Å². The fraction of sp³-hybridized carbons (Fsp3) is 0.269. The molecule has 2 aromatic heterocycles. The van der Waals surface area contributed by atoms with Crippen LogP contribution in [-0.4, -0.2) is 34.7 Å². The van der Waals surface area contributed by atoms with Gasteiger partial charge in [-0.2, -0.15) is 5.10 Å². The first-order valence-electron chi connectivity index (χ1n) is 11.0. The maximum Gasteiger partial charge on any atom is 0.252 e. The largest absolute Gasteiger partial charge is 0.496 e. The molecule has 6 heteroatoms. The molecule has 0 bridgehead atoms. The second-order valence-electron chi connectivity index (χ2n) is 7.88.